The Kier molecular flexibility index (Phi) is 9.61. The van der Waals surface area contributed by atoms with Crippen LogP contribution in [0.5, 0.6) is 5.75 Å². The smallest absolute Gasteiger partial charge is 0.191 e. The molecule has 1 aliphatic carbocycles. The van der Waals surface area contributed by atoms with Crippen molar-refractivity contribution < 1.29 is 36.2 Å². The van der Waals surface area contributed by atoms with E-state index in [9.17, 15) is 22.5 Å². The van der Waals surface area contributed by atoms with Crippen LogP contribution in [-0.2, 0) is 22.3 Å². The number of piperidine rings is 3. The minimum atomic E-state index is -4.25. The van der Waals surface area contributed by atoms with Crippen LogP contribution in [0.2, 0.25) is 0 Å². The predicted octanol–water partition coefficient (Wildman–Crippen LogP) is 6.41. The van der Waals surface area contributed by atoms with E-state index in [2.05, 4.69) is 5.16 Å². The highest BCUT2D eigenvalue weighted by Gasteiger charge is 2.48. The first-order valence-electron chi connectivity index (χ1n) is 16.2. The van der Waals surface area contributed by atoms with E-state index in [0.717, 1.165) is 86.3 Å². The molecule has 2 atom stereocenters. The summed E-state index contributed by atoms with van der Waals surface area (Å²) >= 11 is 0. The fraction of sp³-hybridized carbons (Fsp3) is 0.417. The van der Waals surface area contributed by atoms with Crippen LogP contribution in [0.15, 0.2) is 100 Å². The average molecular weight is 649 g/mol. The number of nitrogens with zero attached hydrogens (tertiary/aromatic N) is 2. The molecule has 8 rings (SSSR count). The normalized spacial score (nSPS) is 24.4. The number of ether oxygens (including phenoxy) is 1. The molecule has 46 heavy (non-hydrogen) atoms. The Balaban J connectivity index is 0.000000319. The Hall–Kier alpha value is -3.57. The number of rotatable bonds is 8. The summed E-state index contributed by atoms with van der Waals surface area (Å²) in [6.07, 6.45) is 7.85. The van der Waals surface area contributed by atoms with Crippen LogP contribution in [-0.4, -0.2) is 53.5 Å². The molecule has 4 heterocycles. The molecule has 10 heteroatoms. The lowest BCUT2D eigenvalue weighted by Crippen LogP contribution is -2.64. The topological polar surface area (TPSA) is 113 Å². The first-order valence-corrected chi connectivity index (χ1v) is 17.6. The molecule has 244 valence electrons. The van der Waals surface area contributed by atoms with Crippen LogP contribution < -0.4 is 4.74 Å². The number of halogens is 1. The molecule has 3 aromatic carbocycles. The first-order chi connectivity index (χ1) is 22.1. The van der Waals surface area contributed by atoms with Crippen molar-refractivity contribution in [1.82, 2.24) is 5.16 Å². The molecule has 0 spiro atoms. The first kappa shape index (κ1) is 32.4. The Bertz CT molecular complexity index is 1670. The van der Waals surface area contributed by atoms with Crippen molar-refractivity contribution in [3.8, 4) is 5.75 Å². The van der Waals surface area contributed by atoms with E-state index in [1.54, 1.807) is 18.2 Å². The number of quaternary nitrogens is 1. The van der Waals surface area contributed by atoms with Gasteiger partial charge in [-0.05, 0) is 60.7 Å². The van der Waals surface area contributed by atoms with Crippen LogP contribution in [0.4, 0.5) is 4.39 Å². The van der Waals surface area contributed by atoms with Crippen LogP contribution in [0.1, 0.15) is 62.0 Å². The van der Waals surface area contributed by atoms with Crippen molar-refractivity contribution in [3.63, 3.8) is 0 Å². The van der Waals surface area contributed by atoms with Gasteiger partial charge in [0.1, 0.15) is 46.1 Å². The molecule has 2 bridgehead atoms. The van der Waals surface area contributed by atoms with Gasteiger partial charge in [-0.3, -0.25) is 0 Å². The van der Waals surface area contributed by atoms with Crippen LogP contribution in [0.25, 0.3) is 0 Å². The summed E-state index contributed by atoms with van der Waals surface area (Å²) in [6, 6.07) is 25.5. The van der Waals surface area contributed by atoms with E-state index in [-0.39, 0.29) is 22.7 Å². The van der Waals surface area contributed by atoms with Gasteiger partial charge in [0.05, 0.1) is 18.0 Å². The SMILES string of the molecule is O=S(=O)([O-])c1ccccc1.O[C@](c1ccccc1)(c1cc(C[N+]23CCC(CC2)C(Oc2ccc(F)cc2)C3)on1)C1CCCCC1. The highest BCUT2D eigenvalue weighted by atomic mass is 32.2. The minimum absolute atomic E-state index is 0.115. The maximum atomic E-state index is 13.3. The minimum Gasteiger partial charge on any atom is -0.744 e. The Morgan fingerprint density at radius 3 is 2.15 bits per heavy atom. The van der Waals surface area contributed by atoms with E-state index in [0.29, 0.717) is 11.6 Å². The largest absolute Gasteiger partial charge is 0.744 e. The van der Waals surface area contributed by atoms with Gasteiger partial charge in [-0.25, -0.2) is 12.8 Å². The fourth-order valence-electron chi connectivity index (χ4n) is 7.55. The molecule has 1 unspecified atom stereocenters. The zero-order valence-electron chi connectivity index (χ0n) is 25.8. The number of benzene rings is 3. The van der Waals surface area contributed by atoms with Crippen LogP contribution >= 0.6 is 0 Å². The zero-order chi connectivity index (χ0) is 32.2. The van der Waals surface area contributed by atoms with Crippen molar-refractivity contribution in [3.05, 3.63) is 114 Å². The second-order valence-corrected chi connectivity index (χ2v) is 14.4. The van der Waals surface area contributed by atoms with Crippen molar-refractivity contribution >= 4 is 10.1 Å². The van der Waals surface area contributed by atoms with Gasteiger partial charge in [0, 0.05) is 24.8 Å². The van der Waals surface area contributed by atoms with E-state index in [4.69, 9.17) is 9.26 Å². The van der Waals surface area contributed by atoms with Gasteiger partial charge in [0.25, 0.3) is 0 Å². The number of fused-ring (bicyclic) bond motifs is 3. The number of aromatic nitrogens is 1. The lowest BCUT2D eigenvalue weighted by atomic mass is 9.71. The zero-order valence-corrected chi connectivity index (χ0v) is 26.7. The lowest BCUT2D eigenvalue weighted by Gasteiger charge is -2.51. The Morgan fingerprint density at radius 1 is 0.913 bits per heavy atom. The van der Waals surface area contributed by atoms with Crippen molar-refractivity contribution in [1.29, 1.82) is 0 Å². The number of hydrogen-bond donors (Lipinski definition) is 1. The molecule has 1 N–H and O–H groups in total. The Morgan fingerprint density at radius 2 is 1.54 bits per heavy atom. The summed E-state index contributed by atoms with van der Waals surface area (Å²) in [7, 11) is -4.25. The van der Waals surface area contributed by atoms with Crippen molar-refractivity contribution in [2.24, 2.45) is 11.8 Å². The van der Waals surface area contributed by atoms with Gasteiger partial charge in [0.2, 0.25) is 0 Å². The molecule has 8 nitrogen and oxygen atoms in total. The maximum Gasteiger partial charge on any atom is 0.191 e. The summed E-state index contributed by atoms with van der Waals surface area (Å²) in [5, 5.41) is 16.7. The lowest BCUT2D eigenvalue weighted by molar-refractivity contribution is -0.959. The van der Waals surface area contributed by atoms with Crippen molar-refractivity contribution in [2.75, 3.05) is 19.6 Å². The summed E-state index contributed by atoms with van der Waals surface area (Å²) in [4.78, 5) is -0.185. The molecule has 3 aliphatic heterocycles. The molecule has 1 aromatic heterocycles. The molecule has 3 saturated heterocycles. The third kappa shape index (κ3) is 7.20. The fourth-order valence-corrected chi connectivity index (χ4v) is 8.05. The molecular weight excluding hydrogens is 607 g/mol. The Labute approximate surface area is 270 Å². The van der Waals surface area contributed by atoms with Crippen molar-refractivity contribution in [2.45, 2.75) is 68.1 Å². The molecule has 0 radical (unpaired) electrons. The number of hydrogen-bond acceptors (Lipinski definition) is 7. The monoisotopic (exact) mass is 648 g/mol. The molecule has 4 aromatic rings. The van der Waals surface area contributed by atoms with Gasteiger partial charge < -0.3 is 23.4 Å². The van der Waals surface area contributed by atoms with Gasteiger partial charge in [-0.1, -0.05) is 73.0 Å². The second kappa shape index (κ2) is 13.7. The van der Waals surface area contributed by atoms with Gasteiger partial charge >= 0.3 is 0 Å². The summed E-state index contributed by atoms with van der Waals surface area (Å²) in [5.41, 5.74) is 0.405. The molecule has 4 fully saturated rings. The molecule has 1 saturated carbocycles. The summed E-state index contributed by atoms with van der Waals surface area (Å²) in [5.74, 6) is 1.99. The van der Waals surface area contributed by atoms with E-state index in [1.165, 1.54) is 42.8 Å². The maximum absolute atomic E-state index is 13.3. The highest BCUT2D eigenvalue weighted by molar-refractivity contribution is 7.85. The van der Waals surface area contributed by atoms with E-state index < -0.39 is 15.7 Å². The van der Waals surface area contributed by atoms with E-state index in [1.807, 2.05) is 36.4 Å². The second-order valence-electron chi connectivity index (χ2n) is 13.0. The predicted molar refractivity (Wildman–Crippen MR) is 169 cm³/mol. The van der Waals surface area contributed by atoms with Gasteiger partial charge in [0.15, 0.2) is 11.9 Å². The highest BCUT2D eigenvalue weighted by Crippen LogP contribution is 2.44. The van der Waals surface area contributed by atoms with Gasteiger partial charge in [-0.15, -0.1) is 0 Å². The third-order valence-electron chi connectivity index (χ3n) is 10.0. The van der Waals surface area contributed by atoms with Gasteiger partial charge in [-0.2, -0.15) is 0 Å². The quantitative estimate of drug-likeness (QED) is 0.174. The van der Waals surface area contributed by atoms with Crippen LogP contribution in [0.3, 0.4) is 0 Å². The number of aliphatic hydroxyl groups is 1. The molecule has 4 aliphatic rings. The standard InChI is InChI=1S/C30H36FN2O3.C6H6O3S/c31-25-11-13-26(14-12-25)35-28-21-33(17-15-22(28)16-18-33)20-27-19-29(32-36-27)30(34,23-7-3-1-4-8-23)24-9-5-2-6-10-24;7-10(8,9)6-4-2-1-3-5-6/h1,3-4,7-8,11-14,19,22,24,28,34H,2,5-6,9-10,15-18,20-21H2;1-5H,(H,7,8,9)/q+1;/p-1/t22?,28?,30-,33?;/m0./s1. The average Bonchev–Trinajstić information content (AvgIpc) is 3.55. The third-order valence-corrected chi connectivity index (χ3v) is 10.9. The summed E-state index contributed by atoms with van der Waals surface area (Å²) in [6.45, 7) is 3.84. The van der Waals surface area contributed by atoms with E-state index >= 15 is 0 Å². The summed E-state index contributed by atoms with van der Waals surface area (Å²) < 4.78 is 57.3. The molecule has 0 amide bonds. The van der Waals surface area contributed by atoms with Crippen LogP contribution in [0, 0.1) is 17.7 Å². The molecular formula is C36H41FN2O6S.